The van der Waals surface area contributed by atoms with Gasteiger partial charge in [-0.1, -0.05) is 12.2 Å². The minimum Gasteiger partial charge on any atom is -0.348 e. The van der Waals surface area contributed by atoms with Crippen molar-refractivity contribution in [3.8, 4) is 0 Å². The van der Waals surface area contributed by atoms with Gasteiger partial charge in [-0.2, -0.15) is 0 Å². The van der Waals surface area contributed by atoms with Crippen LogP contribution in [-0.4, -0.2) is 41.4 Å². The van der Waals surface area contributed by atoms with Gasteiger partial charge in [-0.3, -0.25) is 4.79 Å². The Morgan fingerprint density at radius 1 is 1.33 bits per heavy atom. The third-order valence-electron chi connectivity index (χ3n) is 3.86. The molecule has 0 atom stereocenters. The van der Waals surface area contributed by atoms with Crippen LogP contribution in [-0.2, 0) is 4.79 Å². The van der Waals surface area contributed by atoms with E-state index >= 15 is 0 Å². The van der Waals surface area contributed by atoms with E-state index in [9.17, 15) is 9.18 Å². The standard InChI is InChI=1S/C18H19FN4O/c1-11-16(21-10-20-11)9-13-17-12(5-4-8-23(2)3)14(19)6-7-15(17)22-18(13)24/h4-7,9-10H,8H2,1-3H3,(H,20,21)(H,22,24)/b5-4?,13-9-. The monoisotopic (exact) mass is 326 g/mol. The van der Waals surface area contributed by atoms with Gasteiger partial charge < -0.3 is 15.2 Å². The zero-order valence-corrected chi connectivity index (χ0v) is 13.9. The number of carbonyl (C=O) groups is 1. The molecule has 0 aliphatic carbocycles. The van der Waals surface area contributed by atoms with Crippen LogP contribution in [0.5, 0.6) is 0 Å². The Kier molecular flexibility index (Phi) is 4.31. The molecule has 2 N–H and O–H groups in total. The molecule has 3 rings (SSSR count). The Morgan fingerprint density at radius 3 is 2.79 bits per heavy atom. The van der Waals surface area contributed by atoms with E-state index in [1.54, 1.807) is 24.5 Å². The van der Waals surface area contributed by atoms with Crippen molar-refractivity contribution in [2.24, 2.45) is 0 Å². The molecule has 1 aliphatic heterocycles. The quantitative estimate of drug-likeness (QED) is 0.849. The largest absolute Gasteiger partial charge is 0.348 e. The number of nitrogens with zero attached hydrogens (tertiary/aromatic N) is 2. The van der Waals surface area contributed by atoms with Crippen molar-refractivity contribution in [3.63, 3.8) is 0 Å². The second-order valence-electron chi connectivity index (χ2n) is 5.97. The molecule has 0 radical (unpaired) electrons. The van der Waals surface area contributed by atoms with E-state index in [-0.39, 0.29) is 11.7 Å². The van der Waals surface area contributed by atoms with Crippen molar-refractivity contribution in [2.75, 3.05) is 26.0 Å². The predicted octanol–water partition coefficient (Wildman–Crippen LogP) is 2.92. The van der Waals surface area contributed by atoms with Crippen molar-refractivity contribution in [1.29, 1.82) is 0 Å². The van der Waals surface area contributed by atoms with Gasteiger partial charge in [0.25, 0.3) is 5.91 Å². The van der Waals surface area contributed by atoms with Gasteiger partial charge in [-0.15, -0.1) is 0 Å². The fraction of sp³-hybridized carbons (Fsp3) is 0.222. The first kappa shape index (κ1) is 16.1. The average molecular weight is 326 g/mol. The van der Waals surface area contributed by atoms with Crippen molar-refractivity contribution in [2.45, 2.75) is 6.92 Å². The maximum absolute atomic E-state index is 14.4. The van der Waals surface area contributed by atoms with Crippen LogP contribution in [0, 0.1) is 12.7 Å². The first-order valence-corrected chi connectivity index (χ1v) is 7.64. The number of H-pyrrole nitrogens is 1. The normalized spacial score (nSPS) is 15.5. The number of imidazole rings is 1. The number of aromatic amines is 1. The van der Waals surface area contributed by atoms with Gasteiger partial charge in [0.05, 0.1) is 17.6 Å². The Labute approximate surface area is 139 Å². The van der Waals surface area contributed by atoms with Crippen LogP contribution >= 0.6 is 0 Å². The number of likely N-dealkylation sites (N-methyl/N-ethyl adjacent to an activating group) is 1. The minimum atomic E-state index is -0.357. The van der Waals surface area contributed by atoms with Gasteiger partial charge in [0.15, 0.2) is 0 Å². The van der Waals surface area contributed by atoms with E-state index in [0.717, 1.165) is 5.69 Å². The van der Waals surface area contributed by atoms with Crippen molar-refractivity contribution < 1.29 is 9.18 Å². The summed E-state index contributed by atoms with van der Waals surface area (Å²) in [6, 6.07) is 2.96. The summed E-state index contributed by atoms with van der Waals surface area (Å²) in [7, 11) is 3.87. The third kappa shape index (κ3) is 3.00. The highest BCUT2D eigenvalue weighted by Gasteiger charge is 2.28. The molecule has 0 spiro atoms. The molecule has 0 fully saturated rings. The van der Waals surface area contributed by atoms with Crippen LogP contribution in [0.3, 0.4) is 0 Å². The zero-order chi connectivity index (χ0) is 17.3. The van der Waals surface area contributed by atoms with Gasteiger partial charge in [0.2, 0.25) is 0 Å². The Hall–Kier alpha value is -2.73. The first-order valence-electron chi connectivity index (χ1n) is 7.64. The SMILES string of the molecule is Cc1[nH]cnc1/C=C1\C(=O)Nc2ccc(F)c(C=CCN(C)C)c21. The van der Waals surface area contributed by atoms with Crippen LogP contribution in [0.25, 0.3) is 17.7 Å². The molecule has 1 aromatic heterocycles. The molecule has 0 saturated heterocycles. The van der Waals surface area contributed by atoms with E-state index in [0.29, 0.717) is 34.6 Å². The van der Waals surface area contributed by atoms with Crippen LogP contribution < -0.4 is 5.32 Å². The number of rotatable bonds is 4. The number of nitrogens with one attached hydrogen (secondary N) is 2. The van der Waals surface area contributed by atoms with Gasteiger partial charge in [0, 0.05) is 29.1 Å². The van der Waals surface area contributed by atoms with Gasteiger partial charge >= 0.3 is 0 Å². The van der Waals surface area contributed by atoms with Gasteiger partial charge in [-0.05, 0) is 39.2 Å². The van der Waals surface area contributed by atoms with Crippen molar-refractivity contribution >= 4 is 29.3 Å². The first-order chi connectivity index (χ1) is 11.5. The molecular weight excluding hydrogens is 307 g/mol. The minimum absolute atomic E-state index is 0.250. The van der Waals surface area contributed by atoms with Gasteiger partial charge in [-0.25, -0.2) is 9.37 Å². The maximum Gasteiger partial charge on any atom is 0.256 e. The van der Waals surface area contributed by atoms with E-state index in [1.165, 1.54) is 6.07 Å². The fourth-order valence-electron chi connectivity index (χ4n) is 2.63. The summed E-state index contributed by atoms with van der Waals surface area (Å²) in [5, 5.41) is 2.79. The molecular formula is C18H19FN4O. The van der Waals surface area contributed by atoms with Crippen LogP contribution in [0.2, 0.25) is 0 Å². The number of amides is 1. The smallest absolute Gasteiger partial charge is 0.256 e. The molecule has 0 bridgehead atoms. The predicted molar refractivity (Wildman–Crippen MR) is 93.8 cm³/mol. The number of anilines is 1. The van der Waals surface area contributed by atoms with E-state index in [4.69, 9.17) is 0 Å². The molecule has 124 valence electrons. The van der Waals surface area contributed by atoms with Crippen LogP contribution in [0.15, 0.2) is 24.5 Å². The molecule has 2 aromatic rings. The lowest BCUT2D eigenvalue weighted by atomic mass is 9.98. The van der Waals surface area contributed by atoms with E-state index < -0.39 is 0 Å². The topological polar surface area (TPSA) is 61.0 Å². The highest BCUT2D eigenvalue weighted by atomic mass is 19.1. The summed E-state index contributed by atoms with van der Waals surface area (Å²) in [6.07, 6.45) is 6.85. The summed E-state index contributed by atoms with van der Waals surface area (Å²) in [6.45, 7) is 2.55. The van der Waals surface area contributed by atoms with E-state index in [1.807, 2.05) is 32.0 Å². The molecule has 1 amide bonds. The Morgan fingerprint density at radius 2 is 2.12 bits per heavy atom. The van der Waals surface area contributed by atoms with Crippen LogP contribution in [0.4, 0.5) is 10.1 Å². The number of halogens is 1. The maximum atomic E-state index is 14.4. The van der Waals surface area contributed by atoms with Gasteiger partial charge in [0.1, 0.15) is 5.82 Å². The number of aromatic nitrogens is 2. The Balaban J connectivity index is 2.10. The van der Waals surface area contributed by atoms with Crippen molar-refractivity contribution in [3.05, 3.63) is 52.9 Å². The highest BCUT2D eigenvalue weighted by molar-refractivity contribution is 6.35. The van der Waals surface area contributed by atoms with Crippen LogP contribution in [0.1, 0.15) is 22.5 Å². The molecule has 6 heteroatoms. The number of benzene rings is 1. The molecule has 5 nitrogen and oxygen atoms in total. The van der Waals surface area contributed by atoms with E-state index in [2.05, 4.69) is 15.3 Å². The second-order valence-corrected chi connectivity index (χ2v) is 5.97. The number of carbonyl (C=O) groups excluding carboxylic acids is 1. The lowest BCUT2D eigenvalue weighted by Crippen LogP contribution is -2.10. The Bertz CT molecular complexity index is 849. The summed E-state index contributed by atoms with van der Waals surface area (Å²) < 4.78 is 14.4. The van der Waals surface area contributed by atoms with Crippen molar-refractivity contribution in [1.82, 2.24) is 14.9 Å². The number of hydrogen-bond acceptors (Lipinski definition) is 3. The fourth-order valence-corrected chi connectivity index (χ4v) is 2.63. The summed E-state index contributed by atoms with van der Waals surface area (Å²) >= 11 is 0. The lowest BCUT2D eigenvalue weighted by Gasteiger charge is -2.07. The summed E-state index contributed by atoms with van der Waals surface area (Å²) in [5.41, 5.74) is 3.55. The molecule has 1 aromatic carbocycles. The third-order valence-corrected chi connectivity index (χ3v) is 3.86. The average Bonchev–Trinajstić information content (AvgIpc) is 3.06. The number of aryl methyl sites for hydroxylation is 1. The second kappa shape index (κ2) is 6.41. The molecule has 24 heavy (non-hydrogen) atoms. The molecule has 1 aliphatic rings. The number of fused-ring (bicyclic) bond motifs is 1. The lowest BCUT2D eigenvalue weighted by molar-refractivity contribution is -0.110. The molecule has 0 saturated carbocycles. The number of hydrogen-bond donors (Lipinski definition) is 2. The molecule has 0 unspecified atom stereocenters. The highest BCUT2D eigenvalue weighted by Crippen LogP contribution is 2.37. The zero-order valence-electron chi connectivity index (χ0n) is 13.9. The summed E-state index contributed by atoms with van der Waals surface area (Å²) in [4.78, 5) is 21.5. The molecule has 2 heterocycles. The summed E-state index contributed by atoms with van der Waals surface area (Å²) in [5.74, 6) is -0.606.